The highest BCUT2D eigenvalue weighted by molar-refractivity contribution is 6.32. The van der Waals surface area contributed by atoms with Crippen LogP contribution in [0, 0.1) is 0 Å². The second-order valence-electron chi connectivity index (χ2n) is 4.60. The van der Waals surface area contributed by atoms with Gasteiger partial charge in [0.1, 0.15) is 5.76 Å². The smallest absolute Gasteiger partial charge is 0.244 e. The third-order valence-electron chi connectivity index (χ3n) is 2.98. The maximum absolute atomic E-state index is 11.8. The van der Waals surface area contributed by atoms with Crippen molar-refractivity contribution < 1.29 is 18.7 Å². The first-order valence-corrected chi connectivity index (χ1v) is 7.50. The van der Waals surface area contributed by atoms with E-state index in [1.165, 1.54) is 13.2 Å². The predicted octanol–water partition coefficient (Wildman–Crippen LogP) is 3.67. The molecule has 0 unspecified atom stereocenters. The van der Waals surface area contributed by atoms with Crippen LogP contribution in [0.25, 0.3) is 6.08 Å². The summed E-state index contributed by atoms with van der Waals surface area (Å²) in [6.45, 7) is 2.70. The van der Waals surface area contributed by atoms with E-state index in [4.69, 9.17) is 25.5 Å². The van der Waals surface area contributed by atoms with E-state index < -0.39 is 0 Å². The van der Waals surface area contributed by atoms with Crippen molar-refractivity contribution in [2.45, 2.75) is 13.5 Å². The van der Waals surface area contributed by atoms with E-state index >= 15 is 0 Å². The number of benzene rings is 1. The number of halogens is 1. The van der Waals surface area contributed by atoms with E-state index in [2.05, 4.69) is 5.32 Å². The molecule has 6 heteroatoms. The first kappa shape index (κ1) is 17.0. The Morgan fingerprint density at radius 2 is 2.26 bits per heavy atom. The van der Waals surface area contributed by atoms with Gasteiger partial charge in [0.15, 0.2) is 11.5 Å². The SMILES string of the molecule is CCOc1cc(/C=C/C(=O)NCc2ccco2)cc(Cl)c1OC. The number of nitrogens with one attached hydrogen (secondary N) is 1. The Bertz CT molecular complexity index is 680. The average molecular weight is 336 g/mol. The molecule has 1 N–H and O–H groups in total. The quantitative estimate of drug-likeness (QED) is 0.784. The van der Waals surface area contributed by atoms with Gasteiger partial charge in [-0.2, -0.15) is 0 Å². The molecule has 0 aliphatic rings. The van der Waals surface area contributed by atoms with E-state index in [-0.39, 0.29) is 5.91 Å². The van der Waals surface area contributed by atoms with Crippen LogP contribution < -0.4 is 14.8 Å². The molecular formula is C17H18ClNO4. The molecule has 122 valence electrons. The highest BCUT2D eigenvalue weighted by Gasteiger charge is 2.10. The number of carbonyl (C=O) groups is 1. The third kappa shape index (κ3) is 4.79. The van der Waals surface area contributed by atoms with E-state index in [1.54, 1.807) is 36.6 Å². The van der Waals surface area contributed by atoms with E-state index in [0.29, 0.717) is 35.4 Å². The predicted molar refractivity (Wildman–Crippen MR) is 88.8 cm³/mol. The zero-order valence-corrected chi connectivity index (χ0v) is 13.7. The fourth-order valence-electron chi connectivity index (χ4n) is 1.96. The van der Waals surface area contributed by atoms with Crippen molar-refractivity contribution in [3.8, 4) is 11.5 Å². The lowest BCUT2D eigenvalue weighted by molar-refractivity contribution is -0.116. The average Bonchev–Trinajstić information content (AvgIpc) is 3.04. The van der Waals surface area contributed by atoms with Gasteiger partial charge in [0, 0.05) is 6.08 Å². The molecule has 1 aromatic heterocycles. The van der Waals surface area contributed by atoms with Crippen LogP contribution in [-0.2, 0) is 11.3 Å². The molecule has 0 aliphatic carbocycles. The minimum atomic E-state index is -0.230. The molecule has 0 saturated carbocycles. The number of ether oxygens (including phenoxy) is 2. The van der Waals surface area contributed by atoms with Gasteiger partial charge in [-0.15, -0.1) is 0 Å². The fraction of sp³-hybridized carbons (Fsp3) is 0.235. The summed E-state index contributed by atoms with van der Waals surface area (Å²) in [5.41, 5.74) is 0.743. The summed E-state index contributed by atoms with van der Waals surface area (Å²) < 4.78 is 15.9. The van der Waals surface area contributed by atoms with Crippen LogP contribution in [0.5, 0.6) is 11.5 Å². The van der Waals surface area contributed by atoms with Crippen LogP contribution in [0.2, 0.25) is 5.02 Å². The molecule has 1 amide bonds. The van der Waals surface area contributed by atoms with Gasteiger partial charge in [-0.3, -0.25) is 4.79 Å². The van der Waals surface area contributed by atoms with Crippen LogP contribution in [0.15, 0.2) is 41.0 Å². The number of amides is 1. The van der Waals surface area contributed by atoms with Gasteiger partial charge < -0.3 is 19.2 Å². The van der Waals surface area contributed by atoms with Gasteiger partial charge in [-0.05, 0) is 42.8 Å². The minimum absolute atomic E-state index is 0.230. The number of furan rings is 1. The molecule has 0 fully saturated rings. The summed E-state index contributed by atoms with van der Waals surface area (Å²) in [4.78, 5) is 11.8. The molecule has 0 spiro atoms. The van der Waals surface area contributed by atoms with Gasteiger partial charge in [-0.1, -0.05) is 11.6 Å². The Kier molecular flexibility index (Phi) is 6.11. The van der Waals surface area contributed by atoms with Crippen LogP contribution in [-0.4, -0.2) is 19.6 Å². The Labute approximate surface area is 139 Å². The zero-order chi connectivity index (χ0) is 16.7. The topological polar surface area (TPSA) is 60.7 Å². The minimum Gasteiger partial charge on any atom is -0.491 e. The maximum Gasteiger partial charge on any atom is 0.244 e. The van der Waals surface area contributed by atoms with Gasteiger partial charge in [0.2, 0.25) is 5.91 Å². The van der Waals surface area contributed by atoms with Crippen molar-refractivity contribution in [2.75, 3.05) is 13.7 Å². The molecule has 5 nitrogen and oxygen atoms in total. The first-order valence-electron chi connectivity index (χ1n) is 7.12. The summed E-state index contributed by atoms with van der Waals surface area (Å²) in [5, 5.41) is 3.15. The summed E-state index contributed by atoms with van der Waals surface area (Å²) in [7, 11) is 1.53. The molecule has 2 aromatic rings. The summed E-state index contributed by atoms with van der Waals surface area (Å²) >= 11 is 6.16. The van der Waals surface area contributed by atoms with E-state index in [1.807, 2.05) is 6.92 Å². The number of hydrogen-bond donors (Lipinski definition) is 1. The van der Waals surface area contributed by atoms with Crippen LogP contribution in [0.1, 0.15) is 18.2 Å². The number of rotatable bonds is 7. The van der Waals surface area contributed by atoms with E-state index in [9.17, 15) is 4.79 Å². The molecular weight excluding hydrogens is 318 g/mol. The van der Waals surface area contributed by atoms with Crippen molar-refractivity contribution in [3.05, 3.63) is 53.0 Å². The summed E-state index contributed by atoms with van der Waals surface area (Å²) in [6.07, 6.45) is 4.65. The molecule has 0 bridgehead atoms. The van der Waals surface area contributed by atoms with Gasteiger partial charge >= 0.3 is 0 Å². The molecule has 2 rings (SSSR count). The highest BCUT2D eigenvalue weighted by atomic mass is 35.5. The standard InChI is InChI=1S/C17H18ClNO4/c1-3-22-15-10-12(9-14(18)17(15)21-2)6-7-16(20)19-11-13-5-4-8-23-13/h4-10H,3,11H2,1-2H3,(H,19,20)/b7-6+. The molecule has 0 aliphatic heterocycles. The van der Waals surface area contributed by atoms with Crippen LogP contribution in [0.4, 0.5) is 0 Å². The van der Waals surface area contributed by atoms with Gasteiger partial charge in [-0.25, -0.2) is 0 Å². The molecule has 23 heavy (non-hydrogen) atoms. The summed E-state index contributed by atoms with van der Waals surface area (Å²) in [5.74, 6) is 1.48. The zero-order valence-electron chi connectivity index (χ0n) is 13.0. The lowest BCUT2D eigenvalue weighted by Crippen LogP contribution is -2.19. The van der Waals surface area contributed by atoms with Crippen molar-refractivity contribution in [1.29, 1.82) is 0 Å². The Morgan fingerprint density at radius 3 is 2.91 bits per heavy atom. The number of methoxy groups -OCH3 is 1. The molecule has 1 aromatic carbocycles. The van der Waals surface area contributed by atoms with E-state index in [0.717, 1.165) is 5.56 Å². The Hall–Kier alpha value is -2.40. The Balaban J connectivity index is 2.04. The highest BCUT2D eigenvalue weighted by Crippen LogP contribution is 2.36. The van der Waals surface area contributed by atoms with Gasteiger partial charge in [0.25, 0.3) is 0 Å². The fourth-order valence-corrected chi connectivity index (χ4v) is 2.26. The lowest BCUT2D eigenvalue weighted by Gasteiger charge is -2.11. The largest absolute Gasteiger partial charge is 0.491 e. The molecule has 0 saturated heterocycles. The van der Waals surface area contributed by atoms with Gasteiger partial charge in [0.05, 0.1) is 31.5 Å². The van der Waals surface area contributed by atoms with Crippen molar-refractivity contribution in [1.82, 2.24) is 5.32 Å². The maximum atomic E-state index is 11.8. The second kappa shape index (κ2) is 8.29. The van der Waals surface area contributed by atoms with Crippen molar-refractivity contribution in [2.24, 2.45) is 0 Å². The third-order valence-corrected chi connectivity index (χ3v) is 3.26. The number of hydrogen-bond acceptors (Lipinski definition) is 4. The number of carbonyl (C=O) groups excluding carboxylic acids is 1. The molecule has 0 radical (unpaired) electrons. The summed E-state index contributed by atoms with van der Waals surface area (Å²) in [6, 6.07) is 7.04. The molecule has 1 heterocycles. The van der Waals surface area contributed by atoms with Crippen LogP contribution >= 0.6 is 11.6 Å². The first-order chi connectivity index (χ1) is 11.1. The normalized spacial score (nSPS) is 10.7. The second-order valence-corrected chi connectivity index (χ2v) is 5.00. The monoisotopic (exact) mass is 335 g/mol. The van der Waals surface area contributed by atoms with Crippen LogP contribution in [0.3, 0.4) is 0 Å². The lowest BCUT2D eigenvalue weighted by atomic mass is 10.2. The van der Waals surface area contributed by atoms with Crippen molar-refractivity contribution in [3.63, 3.8) is 0 Å². The van der Waals surface area contributed by atoms with Crippen molar-refractivity contribution >= 4 is 23.6 Å². The molecule has 0 atom stereocenters. The Morgan fingerprint density at radius 1 is 1.43 bits per heavy atom.